The smallest absolute Gasteiger partial charge is 0.280 e. The molecule has 3 N–H and O–H groups in total. The molecular formula is C20H21IN6O2S2. The summed E-state index contributed by atoms with van der Waals surface area (Å²) in [5.74, 6) is 0.769. The summed E-state index contributed by atoms with van der Waals surface area (Å²) in [6.07, 6.45) is 4.55. The lowest BCUT2D eigenvalue weighted by Crippen LogP contribution is -2.30. The molecule has 0 radical (unpaired) electrons. The number of nitrogens with zero attached hydrogens (tertiary/aromatic N) is 3. The lowest BCUT2D eigenvalue weighted by atomic mass is 9.86. The molecule has 0 atom stereocenters. The number of hydrogen-bond acceptors (Lipinski definition) is 7. The van der Waals surface area contributed by atoms with Crippen molar-refractivity contribution >= 4 is 66.1 Å². The number of anilines is 1. The minimum atomic E-state index is -3.80. The topological polar surface area (TPSA) is 99.9 Å². The zero-order valence-electron chi connectivity index (χ0n) is 16.9. The first-order valence-corrected chi connectivity index (χ1v) is 13.2. The van der Waals surface area contributed by atoms with E-state index in [0.717, 1.165) is 36.6 Å². The minimum absolute atomic E-state index is 0.0329. The molecule has 3 heterocycles. The van der Waals surface area contributed by atoms with Crippen LogP contribution in [0.5, 0.6) is 0 Å². The second-order valence-electron chi connectivity index (χ2n) is 8.16. The normalized spacial score (nSPS) is 18.8. The minimum Gasteiger partial charge on any atom is -0.354 e. The maximum absolute atomic E-state index is 13.2. The van der Waals surface area contributed by atoms with Crippen LogP contribution >= 0.6 is 33.9 Å². The van der Waals surface area contributed by atoms with Crippen LogP contribution in [0.2, 0.25) is 0 Å². The van der Waals surface area contributed by atoms with Gasteiger partial charge in [-0.3, -0.25) is 14.1 Å². The van der Waals surface area contributed by atoms with Crippen molar-refractivity contribution in [1.82, 2.24) is 20.0 Å². The van der Waals surface area contributed by atoms with Crippen LogP contribution in [0.1, 0.15) is 31.4 Å². The Morgan fingerprint density at radius 1 is 1.35 bits per heavy atom. The van der Waals surface area contributed by atoms with E-state index in [0.29, 0.717) is 14.3 Å². The number of fused-ring (bicyclic) bond motifs is 2. The highest BCUT2D eigenvalue weighted by Crippen LogP contribution is 2.46. The van der Waals surface area contributed by atoms with Crippen LogP contribution in [-0.4, -0.2) is 36.9 Å². The molecule has 3 aromatic rings. The van der Waals surface area contributed by atoms with Crippen LogP contribution < -0.4 is 15.4 Å². The van der Waals surface area contributed by atoms with Crippen molar-refractivity contribution in [1.29, 1.82) is 0 Å². The summed E-state index contributed by atoms with van der Waals surface area (Å²) in [6.45, 7) is 6.00. The van der Waals surface area contributed by atoms with Crippen molar-refractivity contribution in [2.24, 2.45) is 4.99 Å². The van der Waals surface area contributed by atoms with Crippen molar-refractivity contribution in [3.63, 3.8) is 0 Å². The quantitative estimate of drug-likeness (QED) is 0.420. The van der Waals surface area contributed by atoms with E-state index in [1.165, 1.54) is 16.9 Å². The number of thiazole rings is 1. The molecule has 0 bridgehead atoms. The van der Waals surface area contributed by atoms with E-state index >= 15 is 0 Å². The van der Waals surface area contributed by atoms with Gasteiger partial charge in [-0.1, -0.05) is 19.9 Å². The largest absolute Gasteiger partial charge is 0.354 e. The van der Waals surface area contributed by atoms with E-state index in [9.17, 15) is 8.42 Å². The fraction of sp³-hybridized carbons (Fsp3) is 0.300. The van der Waals surface area contributed by atoms with Crippen LogP contribution in [0, 0.1) is 3.70 Å². The van der Waals surface area contributed by atoms with Gasteiger partial charge in [0, 0.05) is 30.0 Å². The average molecular weight is 568 g/mol. The number of halogens is 1. The molecule has 31 heavy (non-hydrogen) atoms. The van der Waals surface area contributed by atoms with Crippen LogP contribution in [0.3, 0.4) is 0 Å². The molecular weight excluding hydrogens is 547 g/mol. The third-order valence-electron chi connectivity index (χ3n) is 5.47. The summed E-state index contributed by atoms with van der Waals surface area (Å²) in [5, 5.41) is 8.42. The molecule has 0 amide bonds. The molecule has 0 spiro atoms. The van der Waals surface area contributed by atoms with Crippen molar-refractivity contribution in [2.75, 3.05) is 17.8 Å². The zero-order chi connectivity index (χ0) is 21.8. The van der Waals surface area contributed by atoms with Gasteiger partial charge in [-0.25, -0.2) is 4.98 Å². The number of rotatable bonds is 4. The van der Waals surface area contributed by atoms with Gasteiger partial charge in [-0.2, -0.15) is 8.42 Å². The third kappa shape index (κ3) is 3.72. The molecule has 0 saturated carbocycles. The highest BCUT2D eigenvalue weighted by molar-refractivity contribution is 14.1. The first kappa shape index (κ1) is 20.8. The molecule has 1 aromatic carbocycles. The predicted molar refractivity (Wildman–Crippen MR) is 132 cm³/mol. The third-order valence-corrected chi connectivity index (χ3v) is 8.75. The molecule has 0 saturated heterocycles. The highest BCUT2D eigenvalue weighted by atomic mass is 127. The number of imidazole rings is 1. The number of sulfonamides is 1. The first-order valence-electron chi connectivity index (χ1n) is 9.77. The monoisotopic (exact) mass is 568 g/mol. The maximum Gasteiger partial charge on any atom is 0.280 e. The SMILES string of the molecule is CC1(C)C/C(=C/NC2=NCCN2)c2cc(NS(=O)(=O)c3c(I)nc4sccn34)ccc21. The first-order chi connectivity index (χ1) is 14.7. The molecule has 2 aromatic heterocycles. The molecule has 5 rings (SSSR count). The number of hydrogen-bond donors (Lipinski definition) is 3. The number of guanidine groups is 1. The van der Waals surface area contributed by atoms with Gasteiger partial charge in [0.15, 0.2) is 15.9 Å². The summed E-state index contributed by atoms with van der Waals surface area (Å²) in [6, 6.07) is 5.76. The summed E-state index contributed by atoms with van der Waals surface area (Å²) < 4.78 is 31.2. The molecule has 1 aliphatic carbocycles. The van der Waals surface area contributed by atoms with Crippen molar-refractivity contribution in [2.45, 2.75) is 30.7 Å². The summed E-state index contributed by atoms with van der Waals surface area (Å²) in [5.41, 5.74) is 3.86. The number of aliphatic imine (C=N–C) groups is 1. The van der Waals surface area contributed by atoms with Crippen molar-refractivity contribution in [3.05, 3.63) is 50.8 Å². The number of allylic oxidation sites excluding steroid dienone is 1. The molecule has 2 aliphatic rings. The predicted octanol–water partition coefficient (Wildman–Crippen LogP) is 3.37. The van der Waals surface area contributed by atoms with Gasteiger partial charge < -0.3 is 10.6 Å². The summed E-state index contributed by atoms with van der Waals surface area (Å²) in [4.78, 5) is 9.36. The van der Waals surface area contributed by atoms with E-state index in [1.54, 1.807) is 10.6 Å². The Balaban J connectivity index is 1.49. The van der Waals surface area contributed by atoms with E-state index in [1.807, 2.05) is 52.4 Å². The summed E-state index contributed by atoms with van der Waals surface area (Å²) >= 11 is 3.37. The molecule has 8 nitrogen and oxygen atoms in total. The molecule has 11 heteroatoms. The van der Waals surface area contributed by atoms with E-state index in [4.69, 9.17) is 0 Å². The number of benzene rings is 1. The Hall–Kier alpha value is -2.12. The highest BCUT2D eigenvalue weighted by Gasteiger charge is 2.34. The maximum atomic E-state index is 13.2. The Kier molecular flexibility index (Phi) is 5.01. The molecule has 162 valence electrons. The van der Waals surface area contributed by atoms with Gasteiger partial charge in [0.1, 0.15) is 3.70 Å². The number of aromatic nitrogens is 2. The Morgan fingerprint density at radius 3 is 2.97 bits per heavy atom. The van der Waals surface area contributed by atoms with Crippen LogP contribution in [0.25, 0.3) is 10.5 Å². The molecule has 1 aliphatic heterocycles. The van der Waals surface area contributed by atoms with Gasteiger partial charge in [0.25, 0.3) is 10.0 Å². The van der Waals surface area contributed by atoms with Gasteiger partial charge >= 0.3 is 0 Å². The average Bonchev–Trinajstić information content (AvgIpc) is 3.44. The standard InChI is InChI=1S/C20H21IN6O2S2/c1-20(2)10-12(11-24-18-22-5-6-23-18)14-9-13(3-4-15(14)20)26-31(28,29)17-16(21)25-19-27(17)7-8-30-19/h3-4,7-9,11,26H,5-6,10H2,1-2H3,(H2,22,23,24)/b12-11-. The second kappa shape index (κ2) is 7.48. The van der Waals surface area contributed by atoms with Crippen molar-refractivity contribution in [3.8, 4) is 0 Å². The molecule has 0 fully saturated rings. The second-order valence-corrected chi connectivity index (χ2v) is 11.7. The number of nitrogens with one attached hydrogen (secondary N) is 3. The van der Waals surface area contributed by atoms with E-state index in [-0.39, 0.29) is 10.4 Å². The Morgan fingerprint density at radius 2 is 2.19 bits per heavy atom. The molecule has 0 unspecified atom stereocenters. The zero-order valence-corrected chi connectivity index (χ0v) is 20.7. The Bertz CT molecular complexity index is 1350. The van der Waals surface area contributed by atoms with Crippen LogP contribution in [0.15, 0.2) is 46.0 Å². The van der Waals surface area contributed by atoms with Gasteiger partial charge in [-0.15, -0.1) is 11.3 Å². The van der Waals surface area contributed by atoms with Gasteiger partial charge in [0.2, 0.25) is 0 Å². The van der Waals surface area contributed by atoms with Crippen LogP contribution in [-0.2, 0) is 15.4 Å². The Labute approximate surface area is 198 Å². The fourth-order valence-electron chi connectivity index (χ4n) is 4.09. The van der Waals surface area contributed by atoms with Crippen LogP contribution in [0.4, 0.5) is 5.69 Å². The van der Waals surface area contributed by atoms with Gasteiger partial charge in [0.05, 0.1) is 6.54 Å². The lowest BCUT2D eigenvalue weighted by Gasteiger charge is -2.18. The lowest BCUT2D eigenvalue weighted by molar-refractivity contribution is 0.563. The van der Waals surface area contributed by atoms with E-state index in [2.05, 4.69) is 39.2 Å². The van der Waals surface area contributed by atoms with Gasteiger partial charge in [-0.05, 0) is 63.3 Å². The summed E-state index contributed by atoms with van der Waals surface area (Å²) in [7, 11) is -3.80. The fourth-order valence-corrected chi connectivity index (χ4v) is 7.59. The van der Waals surface area contributed by atoms with E-state index < -0.39 is 10.0 Å². The van der Waals surface area contributed by atoms with Crippen molar-refractivity contribution < 1.29 is 8.42 Å².